The van der Waals surface area contributed by atoms with Gasteiger partial charge in [0, 0.05) is 4.88 Å². The fourth-order valence-corrected chi connectivity index (χ4v) is 4.02. The molecule has 0 atom stereocenters. The van der Waals surface area contributed by atoms with Crippen molar-refractivity contribution in [1.82, 2.24) is 10.1 Å². The first-order chi connectivity index (χ1) is 9.06. The number of halogens is 1. The van der Waals surface area contributed by atoms with Gasteiger partial charge in [0.2, 0.25) is 5.82 Å². The van der Waals surface area contributed by atoms with Crippen molar-refractivity contribution < 1.29 is 4.52 Å². The molecule has 4 nitrogen and oxygen atoms in total. The standard InChI is InChI=1S/C12H10BrN3OS2/c1-5-6(2)18-10(14)9(5)12-15-11(16-17-12)7-3-4-8(13)19-7/h3-4H,14H2,1-2H3. The van der Waals surface area contributed by atoms with Crippen LogP contribution in [0.5, 0.6) is 0 Å². The Hall–Kier alpha value is -1.18. The summed E-state index contributed by atoms with van der Waals surface area (Å²) in [6.07, 6.45) is 0. The Morgan fingerprint density at radius 2 is 2.05 bits per heavy atom. The molecule has 0 aliphatic carbocycles. The van der Waals surface area contributed by atoms with Crippen molar-refractivity contribution in [2.45, 2.75) is 13.8 Å². The van der Waals surface area contributed by atoms with Gasteiger partial charge in [0.15, 0.2) is 0 Å². The van der Waals surface area contributed by atoms with Gasteiger partial charge in [0.05, 0.1) is 19.2 Å². The van der Waals surface area contributed by atoms with Crippen LogP contribution in [0.4, 0.5) is 5.00 Å². The summed E-state index contributed by atoms with van der Waals surface area (Å²) in [4.78, 5) is 6.57. The molecule has 3 aromatic rings. The normalized spacial score (nSPS) is 11.1. The van der Waals surface area contributed by atoms with Crippen LogP contribution in [0.15, 0.2) is 20.4 Å². The molecule has 0 saturated heterocycles. The molecule has 98 valence electrons. The van der Waals surface area contributed by atoms with Gasteiger partial charge in [-0.2, -0.15) is 4.98 Å². The van der Waals surface area contributed by atoms with Crippen LogP contribution in [0.3, 0.4) is 0 Å². The van der Waals surface area contributed by atoms with Crippen LogP contribution in [0.2, 0.25) is 0 Å². The molecule has 2 N–H and O–H groups in total. The lowest BCUT2D eigenvalue weighted by molar-refractivity contribution is 0.432. The zero-order chi connectivity index (χ0) is 13.6. The fraction of sp³-hybridized carbons (Fsp3) is 0.167. The molecule has 0 unspecified atom stereocenters. The summed E-state index contributed by atoms with van der Waals surface area (Å²) in [7, 11) is 0. The average molecular weight is 356 g/mol. The third-order valence-corrected chi connectivity index (χ3v) is 5.50. The predicted octanol–water partition coefficient (Wildman–Crippen LogP) is 4.49. The van der Waals surface area contributed by atoms with Gasteiger partial charge in [0.25, 0.3) is 5.89 Å². The number of nitrogens with zero attached hydrogens (tertiary/aromatic N) is 2. The van der Waals surface area contributed by atoms with Gasteiger partial charge in [-0.25, -0.2) is 0 Å². The van der Waals surface area contributed by atoms with Crippen molar-refractivity contribution in [1.29, 1.82) is 0 Å². The quantitative estimate of drug-likeness (QED) is 0.735. The molecule has 0 aliphatic rings. The number of anilines is 1. The van der Waals surface area contributed by atoms with Crippen molar-refractivity contribution in [3.63, 3.8) is 0 Å². The molecule has 0 amide bonds. The van der Waals surface area contributed by atoms with E-state index >= 15 is 0 Å². The van der Waals surface area contributed by atoms with Crippen molar-refractivity contribution >= 4 is 43.6 Å². The average Bonchev–Trinajstić information content (AvgIpc) is 3.02. The summed E-state index contributed by atoms with van der Waals surface area (Å²) in [5.74, 6) is 1.08. The minimum Gasteiger partial charge on any atom is -0.390 e. The molecule has 0 bridgehead atoms. The summed E-state index contributed by atoms with van der Waals surface area (Å²) in [6, 6.07) is 3.92. The summed E-state index contributed by atoms with van der Waals surface area (Å²) in [5, 5.41) is 4.74. The van der Waals surface area contributed by atoms with Gasteiger partial charge in [-0.15, -0.1) is 22.7 Å². The second-order valence-electron chi connectivity index (χ2n) is 4.05. The van der Waals surface area contributed by atoms with E-state index in [1.807, 2.05) is 26.0 Å². The van der Waals surface area contributed by atoms with E-state index in [0.717, 1.165) is 24.8 Å². The summed E-state index contributed by atoms with van der Waals surface area (Å²) < 4.78 is 6.38. The largest absolute Gasteiger partial charge is 0.390 e. The highest BCUT2D eigenvalue weighted by Crippen LogP contribution is 2.38. The second kappa shape index (κ2) is 4.73. The first kappa shape index (κ1) is 12.8. The Morgan fingerprint density at radius 3 is 2.63 bits per heavy atom. The number of hydrogen-bond donors (Lipinski definition) is 1. The van der Waals surface area contributed by atoms with Crippen LogP contribution < -0.4 is 5.73 Å². The highest BCUT2D eigenvalue weighted by atomic mass is 79.9. The van der Waals surface area contributed by atoms with E-state index in [1.165, 1.54) is 4.88 Å². The van der Waals surface area contributed by atoms with Crippen LogP contribution in [0.1, 0.15) is 10.4 Å². The van der Waals surface area contributed by atoms with Crippen LogP contribution in [-0.2, 0) is 0 Å². The van der Waals surface area contributed by atoms with Crippen LogP contribution in [0.25, 0.3) is 22.2 Å². The number of rotatable bonds is 2. The second-order valence-corrected chi connectivity index (χ2v) is 7.77. The van der Waals surface area contributed by atoms with Crippen LogP contribution in [0, 0.1) is 13.8 Å². The maximum absolute atomic E-state index is 6.01. The number of aromatic nitrogens is 2. The van der Waals surface area contributed by atoms with Gasteiger partial charge in [-0.05, 0) is 47.5 Å². The molecule has 0 aliphatic heterocycles. The lowest BCUT2D eigenvalue weighted by atomic mass is 10.1. The first-order valence-electron chi connectivity index (χ1n) is 5.51. The van der Waals surface area contributed by atoms with E-state index in [-0.39, 0.29) is 0 Å². The van der Waals surface area contributed by atoms with Gasteiger partial charge < -0.3 is 10.3 Å². The number of aryl methyl sites for hydroxylation is 1. The molecule has 3 aromatic heterocycles. The molecule has 19 heavy (non-hydrogen) atoms. The molecule has 0 radical (unpaired) electrons. The Morgan fingerprint density at radius 1 is 1.26 bits per heavy atom. The van der Waals surface area contributed by atoms with Crippen molar-refractivity contribution in [2.24, 2.45) is 0 Å². The molecule has 0 saturated carbocycles. The summed E-state index contributed by atoms with van der Waals surface area (Å²) >= 11 is 6.53. The number of hydrogen-bond acceptors (Lipinski definition) is 6. The van der Waals surface area contributed by atoms with E-state index in [0.29, 0.717) is 11.7 Å². The first-order valence-corrected chi connectivity index (χ1v) is 7.94. The van der Waals surface area contributed by atoms with Crippen molar-refractivity contribution in [3.8, 4) is 22.2 Å². The Kier molecular flexibility index (Phi) is 3.20. The van der Waals surface area contributed by atoms with Crippen molar-refractivity contribution in [3.05, 3.63) is 26.4 Å². The van der Waals surface area contributed by atoms with Gasteiger partial charge in [0.1, 0.15) is 0 Å². The maximum Gasteiger partial charge on any atom is 0.261 e. The Labute approximate surface area is 126 Å². The van der Waals surface area contributed by atoms with E-state index in [9.17, 15) is 0 Å². The SMILES string of the molecule is Cc1sc(N)c(-c2nc(-c3ccc(Br)s3)no2)c1C. The van der Waals surface area contributed by atoms with E-state index in [1.54, 1.807) is 22.7 Å². The predicted molar refractivity (Wildman–Crippen MR) is 82.5 cm³/mol. The van der Waals surface area contributed by atoms with E-state index in [4.69, 9.17) is 10.3 Å². The fourth-order valence-electron chi connectivity index (χ4n) is 1.78. The van der Waals surface area contributed by atoms with E-state index < -0.39 is 0 Å². The number of nitrogens with two attached hydrogens (primary N) is 1. The van der Waals surface area contributed by atoms with Crippen LogP contribution in [-0.4, -0.2) is 10.1 Å². The van der Waals surface area contributed by atoms with Gasteiger partial charge >= 0.3 is 0 Å². The van der Waals surface area contributed by atoms with Crippen molar-refractivity contribution in [2.75, 3.05) is 5.73 Å². The third kappa shape index (κ3) is 2.22. The van der Waals surface area contributed by atoms with Gasteiger partial charge in [-0.3, -0.25) is 0 Å². The zero-order valence-electron chi connectivity index (χ0n) is 10.2. The van der Waals surface area contributed by atoms with Gasteiger partial charge in [-0.1, -0.05) is 5.16 Å². The highest BCUT2D eigenvalue weighted by Gasteiger charge is 2.19. The number of thiophene rings is 2. The Bertz CT molecular complexity index is 744. The van der Waals surface area contributed by atoms with E-state index in [2.05, 4.69) is 26.1 Å². The molecule has 3 rings (SSSR count). The molecule has 0 aromatic carbocycles. The monoisotopic (exact) mass is 355 g/mol. The molecule has 3 heterocycles. The third-order valence-electron chi connectivity index (χ3n) is 2.85. The lowest BCUT2D eigenvalue weighted by Crippen LogP contribution is -1.86. The number of nitrogen functional groups attached to an aromatic ring is 1. The summed E-state index contributed by atoms with van der Waals surface area (Å²) in [6.45, 7) is 4.05. The smallest absolute Gasteiger partial charge is 0.261 e. The minimum absolute atomic E-state index is 0.485. The molecular weight excluding hydrogens is 346 g/mol. The highest BCUT2D eigenvalue weighted by molar-refractivity contribution is 9.11. The topological polar surface area (TPSA) is 64.9 Å². The summed E-state index contributed by atoms with van der Waals surface area (Å²) in [5.41, 5.74) is 7.97. The molecule has 7 heteroatoms. The molecular formula is C12H10BrN3OS2. The molecule has 0 fully saturated rings. The Balaban J connectivity index is 2.06. The molecule has 0 spiro atoms. The lowest BCUT2D eigenvalue weighted by Gasteiger charge is -1.94. The maximum atomic E-state index is 6.01. The minimum atomic E-state index is 0.485. The van der Waals surface area contributed by atoms with Crippen LogP contribution >= 0.6 is 38.6 Å². The zero-order valence-corrected chi connectivity index (χ0v) is 13.4.